The number of rotatable bonds is 12. The van der Waals surface area contributed by atoms with Crippen molar-refractivity contribution in [2.45, 2.75) is 12.8 Å². The van der Waals surface area contributed by atoms with E-state index in [2.05, 4.69) is 32.7 Å². The fourth-order valence-electron chi connectivity index (χ4n) is 9.59. The van der Waals surface area contributed by atoms with Crippen molar-refractivity contribution in [2.75, 3.05) is 45.1 Å². The van der Waals surface area contributed by atoms with E-state index >= 15 is 0 Å². The van der Waals surface area contributed by atoms with Crippen molar-refractivity contribution < 1.29 is 175 Å². The molecule has 0 atom stereocenters. The van der Waals surface area contributed by atoms with E-state index in [1.165, 1.54) is 73.5 Å². The third-order valence-electron chi connectivity index (χ3n) is 15.0. The Morgan fingerprint density at radius 3 is 0.688 bits per heavy atom. The van der Waals surface area contributed by atoms with Crippen molar-refractivity contribution in [1.82, 2.24) is 0 Å². The molecular weight excluding hydrogens is 1670 g/mol. The molecule has 12 aromatic carbocycles. The Labute approximate surface area is 760 Å². The normalized spacial score (nSPS) is 9.85. The molecule has 546 valence electrons. The van der Waals surface area contributed by atoms with Gasteiger partial charge < -0.3 is 46.0 Å². The Morgan fingerprint density at radius 1 is 0.321 bits per heavy atom. The number of ether oxygens (including phenoxy) is 1. The summed E-state index contributed by atoms with van der Waals surface area (Å²) in [6.45, 7) is 23.2. The van der Waals surface area contributed by atoms with Crippen molar-refractivity contribution in [3.63, 3.8) is 0 Å². The van der Waals surface area contributed by atoms with Gasteiger partial charge >= 0.3 is 138 Å². The van der Waals surface area contributed by atoms with Crippen LogP contribution in [0.25, 0.3) is 14.5 Å². The van der Waals surface area contributed by atoms with E-state index in [4.69, 9.17) is 62.7 Å². The molecule has 0 saturated carbocycles. The molecule has 1 heterocycles. The molecule has 0 aliphatic carbocycles. The van der Waals surface area contributed by atoms with Gasteiger partial charge in [-0.25, -0.2) is 23.3 Å². The quantitative estimate of drug-likeness (QED) is 0.0337. The number of nitro benzene ring substituents is 3. The number of hydrogen-bond donors (Lipinski definition) is 3. The minimum absolute atomic E-state index is 0. The predicted octanol–water partition coefficient (Wildman–Crippen LogP) is 9.23. The molecule has 1 aliphatic rings. The Balaban J connectivity index is 0.000000355. The van der Waals surface area contributed by atoms with Gasteiger partial charge in [-0.05, 0) is 231 Å². The number of benzene rings is 12. The summed E-state index contributed by atoms with van der Waals surface area (Å²) in [7, 11) is 0. The van der Waals surface area contributed by atoms with Gasteiger partial charge in [-0.3, -0.25) is 30.3 Å². The second-order valence-corrected chi connectivity index (χ2v) is 22.3. The smallest absolute Gasteiger partial charge is 1.00 e. The van der Waals surface area contributed by atoms with Crippen LogP contribution in [0.1, 0.15) is 35.1 Å². The van der Waals surface area contributed by atoms with Crippen LogP contribution >= 0.6 is 0 Å². The molecule has 0 aromatic heterocycles. The third-order valence-corrected chi connectivity index (χ3v) is 15.0. The molecule has 6 N–H and O–H groups in total. The van der Waals surface area contributed by atoms with Crippen LogP contribution < -0.4 is 179 Å². The molecule has 29 heteroatoms. The Bertz CT molecular complexity index is 4880. The zero-order chi connectivity index (χ0) is 77.7. The number of hydrogen-bond acceptors (Lipinski definition) is 17. The molecule has 1 saturated heterocycles. The number of nitriles is 4. The van der Waals surface area contributed by atoms with E-state index in [9.17, 15) is 39.1 Å². The van der Waals surface area contributed by atoms with Crippen LogP contribution in [0.3, 0.4) is 0 Å². The molecule has 0 bridgehead atoms. The zero-order valence-electron chi connectivity index (χ0n) is 60.0. The average molecular weight is 1740 g/mol. The summed E-state index contributed by atoms with van der Waals surface area (Å²) in [6.07, 6.45) is 2.56. The fraction of sp³-hybridized carbons (Fsp3) is 0.0482. The van der Waals surface area contributed by atoms with E-state index < -0.39 is 20.6 Å². The summed E-state index contributed by atoms with van der Waals surface area (Å²) in [5.41, 5.74) is 30.7. The van der Waals surface area contributed by atoms with Crippen molar-refractivity contribution >= 4 is 102 Å². The molecular formula is C83H62Cs2F4N16O7. The topological polar surface area (TPSA) is 335 Å². The van der Waals surface area contributed by atoms with Crippen LogP contribution in [0.2, 0.25) is 0 Å². The van der Waals surface area contributed by atoms with Gasteiger partial charge in [0.2, 0.25) is 0 Å². The van der Waals surface area contributed by atoms with Crippen molar-refractivity contribution in [3.05, 3.63) is 390 Å². The van der Waals surface area contributed by atoms with Crippen LogP contribution in [0.15, 0.2) is 291 Å². The number of nitrogen functional groups attached to an aromatic ring is 3. The summed E-state index contributed by atoms with van der Waals surface area (Å²) in [6, 6.07) is 88.7. The van der Waals surface area contributed by atoms with E-state index in [1.807, 2.05) is 142 Å². The predicted molar refractivity (Wildman–Crippen MR) is 414 cm³/mol. The first-order valence-electron chi connectivity index (χ1n) is 32.2. The van der Waals surface area contributed by atoms with Gasteiger partial charge in [0.15, 0.2) is 17.1 Å². The average Bonchev–Trinajstić information content (AvgIpc) is 1.14. The first-order chi connectivity index (χ1) is 52.3. The van der Waals surface area contributed by atoms with Gasteiger partial charge in [-0.15, -0.1) is 0 Å². The third kappa shape index (κ3) is 30.0. The second kappa shape index (κ2) is 49.8. The first-order valence-corrected chi connectivity index (χ1v) is 32.2. The minimum Gasteiger partial charge on any atom is -1.00 e. The summed E-state index contributed by atoms with van der Waals surface area (Å²) in [5, 5.41) is 66.2. The second-order valence-electron chi connectivity index (χ2n) is 22.3. The summed E-state index contributed by atoms with van der Waals surface area (Å²) < 4.78 is 29.2. The SMILES string of the molecule is C1CCOC1.N#Cc1ccc(F)cc1.Nc1ccc([N+](=O)[O-])cc1.O=[N+]([O-])c1ccc(F)cc1.[C-]#[N+]c1ccc(N(c2ccc(C#N)cc2)c2ccc([N+](=O)[O-])cc2)cc1.[C-]#[N+]c1ccc(N(c2ccc(N)cc2)c2ccc(C#N)cc2)cc1.[C-]#[N+]c1ccc(N(c2ccc(N)cc2)c2ccc(C#N)cc2)cc1.[Cs+].[Cs+].[F-].[F-]. The molecule has 112 heavy (non-hydrogen) atoms. The van der Waals surface area contributed by atoms with Crippen LogP contribution in [0, 0.1) is 107 Å². The number of nitro groups is 3. The Morgan fingerprint density at radius 2 is 0.491 bits per heavy atom. The first kappa shape index (κ1) is 94.1. The molecule has 0 radical (unpaired) electrons. The minimum atomic E-state index is -0.570. The van der Waals surface area contributed by atoms with E-state index in [1.54, 1.807) is 84.9 Å². The van der Waals surface area contributed by atoms with Crippen LogP contribution in [0.4, 0.5) is 111 Å². The maximum absolute atomic E-state index is 12.1. The van der Waals surface area contributed by atoms with E-state index in [-0.39, 0.29) is 170 Å². The van der Waals surface area contributed by atoms with Gasteiger partial charge in [0.1, 0.15) is 11.6 Å². The summed E-state index contributed by atoms with van der Waals surface area (Å²) in [5.74, 6) is -0.778. The monoisotopic (exact) mass is 1740 g/mol. The molecule has 23 nitrogen and oxygen atoms in total. The van der Waals surface area contributed by atoms with Gasteiger partial charge in [0, 0.05) is 118 Å². The number of non-ortho nitro benzene ring substituents is 3. The number of anilines is 12. The maximum Gasteiger partial charge on any atom is 1.00 e. The molecule has 13 rings (SSSR count). The Hall–Kier alpha value is -12.1. The zero-order valence-corrected chi connectivity index (χ0v) is 72.5. The Kier molecular flexibility index (Phi) is 41.8. The number of halogens is 4. The van der Waals surface area contributed by atoms with E-state index in [0.29, 0.717) is 56.4 Å². The van der Waals surface area contributed by atoms with Crippen molar-refractivity contribution in [3.8, 4) is 24.3 Å². The fourth-order valence-corrected chi connectivity index (χ4v) is 9.59. The largest absolute Gasteiger partial charge is 1.00 e. The van der Waals surface area contributed by atoms with E-state index in [0.717, 1.165) is 88.7 Å². The van der Waals surface area contributed by atoms with Gasteiger partial charge in [0.25, 0.3) is 17.1 Å². The standard InChI is InChI=1S/C20H12N4O2.2C20H14N4.C7H4FN.C6H4FNO2.C6H6N2O2.C4H8O.2Cs.2FH/c1-22-16-4-8-18(9-5-16)23(17-6-2-15(14-21)3-7-17)19-10-12-20(13-11-19)24(25)26;2*1-23-17-6-12-20(13-7-17)24(19-10-4-16(22)5-11-19)18-8-2-15(14-21)3-9-18;8-7-3-1-6(5-9)2-4-7;2*7-5-1-3-6(4-2-5)8(9)10;1-2-4-5-3-1;;;;/h2-13H;2*2-13H,22H2;1-4H;1-4H;1-4H,7H2;1-4H2;;;2*1H/q;;;;;;;2*+1;;/p-2. The molecule has 1 fully saturated rings. The summed E-state index contributed by atoms with van der Waals surface area (Å²) >= 11 is 0. The molecule has 12 aromatic rings. The van der Waals surface area contributed by atoms with Crippen molar-refractivity contribution in [1.29, 1.82) is 21.0 Å². The molecule has 0 spiro atoms. The van der Waals surface area contributed by atoms with Crippen molar-refractivity contribution in [2.24, 2.45) is 0 Å². The molecule has 0 unspecified atom stereocenters. The summed E-state index contributed by atoms with van der Waals surface area (Å²) in [4.78, 5) is 45.7. The molecule has 1 aliphatic heterocycles. The van der Waals surface area contributed by atoms with Crippen LogP contribution in [0.5, 0.6) is 0 Å². The number of nitrogens with zero attached hydrogens (tertiary/aromatic N) is 13. The van der Waals surface area contributed by atoms with Gasteiger partial charge in [-0.2, -0.15) is 21.0 Å². The maximum atomic E-state index is 12.1. The van der Waals surface area contributed by atoms with Gasteiger partial charge in [-0.1, -0.05) is 36.4 Å². The van der Waals surface area contributed by atoms with Gasteiger partial charge in [0.05, 0.1) is 81.0 Å². The van der Waals surface area contributed by atoms with Crippen LogP contribution in [-0.4, -0.2) is 28.0 Å². The number of nitrogens with two attached hydrogens (primary N) is 3. The van der Waals surface area contributed by atoms with Crippen LogP contribution in [-0.2, 0) is 4.74 Å². The molecule has 0 amide bonds.